The molecule has 3 aromatic carbocycles. The van der Waals surface area contributed by atoms with E-state index in [4.69, 9.17) is 16.6 Å². The van der Waals surface area contributed by atoms with Gasteiger partial charge in [0, 0.05) is 22.6 Å². The van der Waals surface area contributed by atoms with E-state index in [0.717, 1.165) is 11.1 Å². The molecule has 0 saturated carbocycles. The maximum Gasteiger partial charge on any atom is 0.166 e. The van der Waals surface area contributed by atoms with E-state index in [1.165, 1.54) is 6.07 Å². The summed E-state index contributed by atoms with van der Waals surface area (Å²) < 4.78 is 14.5. The number of hydrogen-bond acceptors (Lipinski definition) is 2. The molecule has 0 bridgehead atoms. The van der Waals surface area contributed by atoms with Gasteiger partial charge in [0.05, 0.1) is 5.71 Å². The van der Waals surface area contributed by atoms with Crippen LogP contribution in [-0.2, 0) is 11.2 Å². The highest BCUT2D eigenvalue weighted by molar-refractivity contribution is 6.31. The highest BCUT2D eigenvalue weighted by Crippen LogP contribution is 2.30. The molecule has 4 rings (SSSR count). The second kappa shape index (κ2) is 6.85. The summed E-state index contributed by atoms with van der Waals surface area (Å²) in [7, 11) is 0. The highest BCUT2D eigenvalue weighted by Gasteiger charge is 2.28. The fourth-order valence-corrected chi connectivity index (χ4v) is 3.41. The molecule has 0 unspecified atom stereocenters. The summed E-state index contributed by atoms with van der Waals surface area (Å²) in [5.41, 5.74) is 3.13. The van der Waals surface area contributed by atoms with Crippen molar-refractivity contribution in [3.8, 4) is 0 Å². The lowest BCUT2D eigenvalue weighted by molar-refractivity contribution is -0.119. The lowest BCUT2D eigenvalue weighted by Gasteiger charge is -2.12. The average Bonchev–Trinajstić information content (AvgIpc) is 2.79. The largest absolute Gasteiger partial charge is 0.297 e. The molecule has 1 heterocycles. The zero-order valence-corrected chi connectivity index (χ0v) is 14.6. The van der Waals surface area contributed by atoms with Gasteiger partial charge in [0.1, 0.15) is 11.9 Å². The Morgan fingerprint density at radius 3 is 2.42 bits per heavy atom. The fourth-order valence-electron chi connectivity index (χ4n) is 3.24. The van der Waals surface area contributed by atoms with E-state index in [9.17, 15) is 9.18 Å². The van der Waals surface area contributed by atoms with Crippen molar-refractivity contribution in [3.63, 3.8) is 0 Å². The molecule has 0 fully saturated rings. The zero-order chi connectivity index (χ0) is 18.1. The molecule has 4 heteroatoms. The molecule has 0 N–H and O–H groups in total. The van der Waals surface area contributed by atoms with Crippen molar-refractivity contribution in [2.24, 2.45) is 4.99 Å². The van der Waals surface area contributed by atoms with Gasteiger partial charge >= 0.3 is 0 Å². The molecule has 0 spiro atoms. The standard InChI is InChI=1S/C22H15ClFNO/c23-16-11-10-15-12-20(26)21(14-6-2-1-3-7-14)25-22(18(15)13-16)17-8-4-5-9-19(17)24/h1-11,13,21H,12H2/t21-/m0/s1. The maximum atomic E-state index is 14.5. The number of ketones is 1. The summed E-state index contributed by atoms with van der Waals surface area (Å²) in [4.78, 5) is 17.6. The summed E-state index contributed by atoms with van der Waals surface area (Å²) in [6.45, 7) is 0. The predicted molar refractivity (Wildman–Crippen MR) is 101 cm³/mol. The first kappa shape index (κ1) is 16.7. The van der Waals surface area contributed by atoms with Crippen LogP contribution in [0.3, 0.4) is 0 Å². The van der Waals surface area contributed by atoms with Crippen LogP contribution in [-0.4, -0.2) is 11.5 Å². The SMILES string of the molecule is O=C1Cc2ccc(Cl)cc2C(c2ccccc2F)=N[C@H]1c1ccccc1. The Labute approximate surface area is 156 Å². The lowest BCUT2D eigenvalue weighted by Crippen LogP contribution is -2.12. The van der Waals surface area contributed by atoms with Gasteiger partial charge in [-0.3, -0.25) is 9.79 Å². The molecular weight excluding hydrogens is 349 g/mol. The highest BCUT2D eigenvalue weighted by atomic mass is 35.5. The Bertz CT molecular complexity index is 1010. The quantitative estimate of drug-likeness (QED) is 0.616. The minimum absolute atomic E-state index is 0.0221. The van der Waals surface area contributed by atoms with Crippen LogP contribution in [0.15, 0.2) is 77.8 Å². The van der Waals surface area contributed by atoms with E-state index in [1.807, 2.05) is 36.4 Å². The molecule has 0 radical (unpaired) electrons. The van der Waals surface area contributed by atoms with Crippen molar-refractivity contribution in [1.29, 1.82) is 0 Å². The summed E-state index contributed by atoms with van der Waals surface area (Å²) in [6, 6.07) is 20.5. The van der Waals surface area contributed by atoms with Gasteiger partial charge in [0.25, 0.3) is 0 Å². The number of aliphatic imine (C=N–C) groups is 1. The van der Waals surface area contributed by atoms with Gasteiger partial charge in [-0.15, -0.1) is 0 Å². The van der Waals surface area contributed by atoms with Crippen LogP contribution in [0, 0.1) is 5.82 Å². The van der Waals surface area contributed by atoms with Crippen molar-refractivity contribution in [1.82, 2.24) is 0 Å². The molecule has 0 saturated heterocycles. The van der Waals surface area contributed by atoms with E-state index in [1.54, 1.807) is 30.3 Å². The van der Waals surface area contributed by atoms with Gasteiger partial charge in [-0.1, -0.05) is 60.1 Å². The van der Waals surface area contributed by atoms with Crippen LogP contribution in [0.2, 0.25) is 5.02 Å². The van der Waals surface area contributed by atoms with E-state index in [0.29, 0.717) is 21.9 Å². The van der Waals surface area contributed by atoms with Gasteiger partial charge in [0.2, 0.25) is 0 Å². The number of hydrogen-bond donors (Lipinski definition) is 0. The molecule has 0 amide bonds. The van der Waals surface area contributed by atoms with Crippen molar-refractivity contribution < 1.29 is 9.18 Å². The Kier molecular flexibility index (Phi) is 4.39. The van der Waals surface area contributed by atoms with E-state index in [-0.39, 0.29) is 18.0 Å². The molecule has 0 aromatic heterocycles. The number of benzene rings is 3. The van der Waals surface area contributed by atoms with E-state index in [2.05, 4.69) is 0 Å². The monoisotopic (exact) mass is 363 g/mol. The normalized spacial score (nSPS) is 16.6. The van der Waals surface area contributed by atoms with Crippen molar-refractivity contribution in [2.45, 2.75) is 12.5 Å². The summed E-state index contributed by atoms with van der Waals surface area (Å²) >= 11 is 6.18. The van der Waals surface area contributed by atoms with Crippen molar-refractivity contribution >= 4 is 23.1 Å². The lowest BCUT2D eigenvalue weighted by atomic mass is 9.95. The smallest absolute Gasteiger partial charge is 0.166 e. The number of carbonyl (C=O) groups excluding carboxylic acids is 1. The van der Waals surface area contributed by atoms with Crippen LogP contribution in [0.4, 0.5) is 4.39 Å². The molecule has 1 aliphatic heterocycles. The fraction of sp³-hybridized carbons (Fsp3) is 0.0909. The number of fused-ring (bicyclic) bond motifs is 1. The van der Waals surface area contributed by atoms with Crippen LogP contribution in [0.25, 0.3) is 0 Å². The van der Waals surface area contributed by atoms with Crippen LogP contribution in [0.1, 0.15) is 28.3 Å². The van der Waals surface area contributed by atoms with Gasteiger partial charge in [-0.25, -0.2) is 4.39 Å². The van der Waals surface area contributed by atoms with Crippen LogP contribution in [0.5, 0.6) is 0 Å². The first-order valence-corrected chi connectivity index (χ1v) is 8.70. The third-order valence-corrected chi connectivity index (χ3v) is 4.73. The molecule has 1 aliphatic rings. The van der Waals surface area contributed by atoms with Gasteiger partial charge < -0.3 is 0 Å². The third kappa shape index (κ3) is 3.06. The predicted octanol–water partition coefficient (Wildman–Crippen LogP) is 5.18. The van der Waals surface area contributed by atoms with E-state index < -0.39 is 6.04 Å². The molecule has 2 nitrogen and oxygen atoms in total. The van der Waals surface area contributed by atoms with Crippen LogP contribution < -0.4 is 0 Å². The first-order valence-electron chi connectivity index (χ1n) is 8.32. The zero-order valence-electron chi connectivity index (χ0n) is 13.8. The topological polar surface area (TPSA) is 29.4 Å². The first-order chi connectivity index (χ1) is 12.6. The van der Waals surface area contributed by atoms with Crippen molar-refractivity contribution in [3.05, 3.63) is 106 Å². The number of carbonyl (C=O) groups is 1. The molecule has 26 heavy (non-hydrogen) atoms. The van der Waals surface area contributed by atoms with Gasteiger partial charge in [-0.05, 0) is 35.4 Å². The average molecular weight is 364 g/mol. The number of nitrogens with zero attached hydrogens (tertiary/aromatic N) is 1. The van der Waals surface area contributed by atoms with Crippen LogP contribution >= 0.6 is 11.6 Å². The maximum absolute atomic E-state index is 14.5. The molecular formula is C22H15ClFNO. The van der Waals surface area contributed by atoms with Gasteiger partial charge in [-0.2, -0.15) is 0 Å². The molecule has 3 aromatic rings. The second-order valence-electron chi connectivity index (χ2n) is 6.22. The summed E-state index contributed by atoms with van der Waals surface area (Å²) in [5.74, 6) is -0.399. The Hall–Kier alpha value is -2.78. The molecule has 128 valence electrons. The van der Waals surface area contributed by atoms with Crippen molar-refractivity contribution in [2.75, 3.05) is 0 Å². The number of rotatable bonds is 2. The number of Topliss-reactive ketones (excluding diaryl/α,β-unsaturated/α-hetero) is 1. The van der Waals surface area contributed by atoms with Gasteiger partial charge in [0.15, 0.2) is 5.78 Å². The Morgan fingerprint density at radius 1 is 0.923 bits per heavy atom. The summed E-state index contributed by atoms with van der Waals surface area (Å²) in [6.07, 6.45) is 0.230. The Balaban J connectivity index is 1.97. The Morgan fingerprint density at radius 2 is 1.65 bits per heavy atom. The molecule has 0 aliphatic carbocycles. The van der Waals surface area contributed by atoms with E-state index >= 15 is 0 Å². The minimum atomic E-state index is -0.669. The second-order valence-corrected chi connectivity index (χ2v) is 6.65. The number of halogens is 2. The molecule has 1 atom stereocenters. The minimum Gasteiger partial charge on any atom is -0.297 e. The third-order valence-electron chi connectivity index (χ3n) is 4.50. The summed E-state index contributed by atoms with van der Waals surface area (Å²) in [5, 5.41) is 0.526.